The van der Waals surface area contributed by atoms with Gasteiger partial charge in [-0.1, -0.05) is 0 Å². The monoisotopic (exact) mass is 271 g/mol. The number of benzene rings is 1. The van der Waals surface area contributed by atoms with E-state index in [1.54, 1.807) is 7.11 Å². The van der Waals surface area contributed by atoms with Gasteiger partial charge < -0.3 is 9.30 Å². The molecule has 2 aromatic heterocycles. The Labute approximate surface area is 114 Å². The molecule has 1 amide bonds. The smallest absolute Gasteiger partial charge is 0.246 e. The van der Waals surface area contributed by atoms with Crippen LogP contribution >= 0.6 is 0 Å². The van der Waals surface area contributed by atoms with Crippen molar-refractivity contribution in [1.29, 1.82) is 0 Å². The summed E-state index contributed by atoms with van der Waals surface area (Å²) in [6.45, 7) is 0.205. The van der Waals surface area contributed by atoms with Gasteiger partial charge in [0.15, 0.2) is 0 Å². The van der Waals surface area contributed by atoms with Crippen LogP contribution in [0, 0.1) is 0 Å². The molecular weight excluding hydrogens is 258 g/mol. The number of carbonyl (C=O) groups is 1. The second kappa shape index (κ2) is 5.04. The number of amides is 1. The number of anilines is 1. The number of hydrogen-bond donors (Lipinski definition) is 2. The van der Waals surface area contributed by atoms with Crippen molar-refractivity contribution in [2.45, 2.75) is 6.54 Å². The predicted molar refractivity (Wildman–Crippen MR) is 73.5 cm³/mol. The number of aromatic amines is 1. The highest BCUT2D eigenvalue weighted by atomic mass is 16.5. The zero-order chi connectivity index (χ0) is 13.9. The van der Waals surface area contributed by atoms with Crippen molar-refractivity contribution in [2.24, 2.45) is 0 Å². The molecule has 102 valence electrons. The van der Waals surface area contributed by atoms with Crippen molar-refractivity contribution in [2.75, 3.05) is 12.4 Å². The van der Waals surface area contributed by atoms with Gasteiger partial charge in [0.05, 0.1) is 7.11 Å². The molecule has 3 aromatic rings. The third-order valence-electron chi connectivity index (χ3n) is 2.96. The Hall–Kier alpha value is -2.83. The molecule has 0 atom stereocenters. The van der Waals surface area contributed by atoms with E-state index in [2.05, 4.69) is 20.5 Å². The van der Waals surface area contributed by atoms with E-state index in [0.29, 0.717) is 5.95 Å². The first-order valence-corrected chi connectivity index (χ1v) is 6.04. The number of H-pyrrole nitrogens is 1. The normalized spacial score (nSPS) is 10.7. The van der Waals surface area contributed by atoms with E-state index < -0.39 is 0 Å². The zero-order valence-electron chi connectivity index (χ0n) is 10.8. The van der Waals surface area contributed by atoms with Crippen LogP contribution in [0.3, 0.4) is 0 Å². The number of carbonyl (C=O) groups excluding carboxylic acids is 1. The zero-order valence-corrected chi connectivity index (χ0v) is 10.8. The minimum atomic E-state index is -0.171. The van der Waals surface area contributed by atoms with Crippen LogP contribution in [0.1, 0.15) is 0 Å². The van der Waals surface area contributed by atoms with Gasteiger partial charge in [0.25, 0.3) is 0 Å². The van der Waals surface area contributed by atoms with Crippen LogP contribution in [-0.4, -0.2) is 32.8 Å². The lowest BCUT2D eigenvalue weighted by molar-refractivity contribution is -0.116. The van der Waals surface area contributed by atoms with Crippen LogP contribution < -0.4 is 10.1 Å². The van der Waals surface area contributed by atoms with Crippen LogP contribution in [-0.2, 0) is 11.3 Å². The van der Waals surface area contributed by atoms with Crippen molar-refractivity contribution in [3.63, 3.8) is 0 Å². The summed E-state index contributed by atoms with van der Waals surface area (Å²) in [5.74, 6) is 0.963. The van der Waals surface area contributed by atoms with Gasteiger partial charge in [0, 0.05) is 17.1 Å². The number of fused-ring (bicyclic) bond motifs is 1. The molecule has 3 rings (SSSR count). The molecule has 0 fully saturated rings. The van der Waals surface area contributed by atoms with Crippen LogP contribution in [0.4, 0.5) is 5.95 Å². The van der Waals surface area contributed by atoms with Gasteiger partial charge in [-0.2, -0.15) is 10.1 Å². The van der Waals surface area contributed by atoms with Crippen molar-refractivity contribution in [1.82, 2.24) is 19.7 Å². The number of nitrogens with one attached hydrogen (secondary N) is 2. The van der Waals surface area contributed by atoms with Crippen LogP contribution in [0.5, 0.6) is 5.75 Å². The van der Waals surface area contributed by atoms with Gasteiger partial charge >= 0.3 is 0 Å². The van der Waals surface area contributed by atoms with E-state index in [0.717, 1.165) is 16.7 Å². The van der Waals surface area contributed by atoms with E-state index in [4.69, 9.17) is 4.74 Å². The molecule has 2 heterocycles. The first-order valence-electron chi connectivity index (χ1n) is 6.04. The van der Waals surface area contributed by atoms with Crippen LogP contribution in [0.15, 0.2) is 36.8 Å². The van der Waals surface area contributed by atoms with Crippen LogP contribution in [0.25, 0.3) is 10.9 Å². The van der Waals surface area contributed by atoms with Gasteiger partial charge in [-0.3, -0.25) is 10.1 Å². The molecule has 0 unspecified atom stereocenters. The van der Waals surface area contributed by atoms with E-state index >= 15 is 0 Å². The van der Waals surface area contributed by atoms with E-state index in [1.165, 1.54) is 6.33 Å². The summed E-state index contributed by atoms with van der Waals surface area (Å²) in [5, 5.41) is 9.91. The first kappa shape index (κ1) is 12.2. The summed E-state index contributed by atoms with van der Waals surface area (Å²) in [5.41, 5.74) is 0.971. The second-order valence-electron chi connectivity index (χ2n) is 4.25. The number of nitrogens with zero attached hydrogens (tertiary/aromatic N) is 3. The Morgan fingerprint density at radius 3 is 3.10 bits per heavy atom. The predicted octanol–water partition coefficient (Wildman–Crippen LogP) is 1.41. The molecule has 1 aromatic carbocycles. The Morgan fingerprint density at radius 1 is 1.45 bits per heavy atom. The molecule has 7 heteroatoms. The second-order valence-corrected chi connectivity index (χ2v) is 4.25. The van der Waals surface area contributed by atoms with Gasteiger partial charge in [-0.25, -0.2) is 5.10 Å². The fourth-order valence-electron chi connectivity index (χ4n) is 2.04. The molecule has 0 bridgehead atoms. The number of hydrogen-bond acceptors (Lipinski definition) is 4. The number of rotatable bonds is 4. The third-order valence-corrected chi connectivity index (χ3v) is 2.96. The van der Waals surface area contributed by atoms with E-state index in [9.17, 15) is 4.79 Å². The van der Waals surface area contributed by atoms with Crippen molar-refractivity contribution < 1.29 is 9.53 Å². The highest BCUT2D eigenvalue weighted by Gasteiger charge is 2.08. The summed E-state index contributed by atoms with van der Waals surface area (Å²) in [7, 11) is 1.63. The van der Waals surface area contributed by atoms with Crippen LogP contribution in [0.2, 0.25) is 0 Å². The maximum absolute atomic E-state index is 11.9. The maximum Gasteiger partial charge on any atom is 0.246 e. The summed E-state index contributed by atoms with van der Waals surface area (Å²) < 4.78 is 7.04. The minimum Gasteiger partial charge on any atom is -0.497 e. The lowest BCUT2D eigenvalue weighted by Crippen LogP contribution is -2.18. The summed E-state index contributed by atoms with van der Waals surface area (Å²) >= 11 is 0. The summed E-state index contributed by atoms with van der Waals surface area (Å²) in [6, 6.07) is 7.67. The molecule has 0 aliphatic heterocycles. The minimum absolute atomic E-state index is 0.171. The fraction of sp³-hybridized carbons (Fsp3) is 0.154. The highest BCUT2D eigenvalue weighted by molar-refractivity contribution is 5.90. The lowest BCUT2D eigenvalue weighted by Gasteiger charge is -2.06. The average Bonchev–Trinajstić information content (AvgIpc) is 3.08. The molecule has 0 spiro atoms. The molecule has 0 aliphatic carbocycles. The fourth-order valence-corrected chi connectivity index (χ4v) is 2.04. The molecule has 0 aliphatic rings. The van der Waals surface area contributed by atoms with Gasteiger partial charge in [0.1, 0.15) is 18.6 Å². The Kier molecular flexibility index (Phi) is 3.08. The maximum atomic E-state index is 11.9. The Bertz CT molecular complexity index is 732. The largest absolute Gasteiger partial charge is 0.497 e. The van der Waals surface area contributed by atoms with Gasteiger partial charge in [-0.05, 0) is 24.3 Å². The van der Waals surface area contributed by atoms with E-state index in [1.807, 2.05) is 35.0 Å². The summed E-state index contributed by atoms with van der Waals surface area (Å²) in [6.07, 6.45) is 3.21. The highest BCUT2D eigenvalue weighted by Crippen LogP contribution is 2.21. The van der Waals surface area contributed by atoms with Gasteiger partial charge in [0.2, 0.25) is 11.9 Å². The Balaban J connectivity index is 1.79. The third kappa shape index (κ3) is 2.33. The number of aromatic nitrogens is 4. The first-order chi connectivity index (χ1) is 9.76. The molecule has 0 saturated carbocycles. The molecule has 7 nitrogen and oxygen atoms in total. The SMILES string of the molecule is COc1ccc2c(ccn2CC(=O)Nc2ncn[nH]2)c1. The molecule has 20 heavy (non-hydrogen) atoms. The number of ether oxygens (including phenoxy) is 1. The van der Waals surface area contributed by atoms with Crippen molar-refractivity contribution >= 4 is 22.8 Å². The summed E-state index contributed by atoms with van der Waals surface area (Å²) in [4.78, 5) is 15.7. The van der Waals surface area contributed by atoms with E-state index in [-0.39, 0.29) is 12.5 Å². The van der Waals surface area contributed by atoms with Crippen molar-refractivity contribution in [3.05, 3.63) is 36.8 Å². The topological polar surface area (TPSA) is 84.8 Å². The molecule has 2 N–H and O–H groups in total. The quantitative estimate of drug-likeness (QED) is 0.751. The van der Waals surface area contributed by atoms with Crippen molar-refractivity contribution in [3.8, 4) is 5.75 Å². The Morgan fingerprint density at radius 2 is 2.35 bits per heavy atom. The molecular formula is C13H13N5O2. The molecule has 0 radical (unpaired) electrons. The number of methoxy groups -OCH3 is 1. The van der Waals surface area contributed by atoms with Gasteiger partial charge in [-0.15, -0.1) is 0 Å². The molecule has 0 saturated heterocycles. The standard InChI is InChI=1S/C13H13N5O2/c1-20-10-2-3-11-9(6-10)4-5-18(11)7-12(19)16-13-14-8-15-17-13/h2-6,8H,7H2,1H3,(H2,14,15,16,17,19). The average molecular weight is 271 g/mol. The lowest BCUT2D eigenvalue weighted by atomic mass is 10.2.